The highest BCUT2D eigenvalue weighted by Crippen LogP contribution is 2.65. The van der Waals surface area contributed by atoms with E-state index in [9.17, 15) is 0 Å². The molecule has 2 aliphatic carbocycles. The fourth-order valence-electron chi connectivity index (χ4n) is 9.55. The Morgan fingerprint density at radius 1 is 0.345 bits per heavy atom. The molecule has 0 fully saturated rings. The molecule has 2 aliphatic rings. The maximum atomic E-state index is 6.71. The molecule has 1 atom stereocenters. The van der Waals surface area contributed by atoms with Gasteiger partial charge in [-0.05, 0) is 74.3 Å². The summed E-state index contributed by atoms with van der Waals surface area (Å²) in [5, 5.41) is 1.16. The molecule has 0 saturated carbocycles. The highest BCUT2D eigenvalue weighted by atomic mass is 16.3. The molecule has 0 bridgehead atoms. The second-order valence-corrected chi connectivity index (χ2v) is 15.3. The van der Waals surface area contributed by atoms with E-state index in [1.165, 1.54) is 44.5 Å². The molecule has 0 saturated heterocycles. The molecule has 3 nitrogen and oxygen atoms in total. The number of aromatic nitrogens is 2. The Labute approximate surface area is 336 Å². The second kappa shape index (κ2) is 12.7. The van der Waals surface area contributed by atoms with Crippen molar-refractivity contribution in [3.05, 3.63) is 229 Å². The first-order valence-electron chi connectivity index (χ1n) is 19.8. The molecule has 1 spiro atoms. The Bertz CT molecular complexity index is 3220. The van der Waals surface area contributed by atoms with Crippen molar-refractivity contribution in [2.45, 2.75) is 5.41 Å². The van der Waals surface area contributed by atoms with E-state index in [2.05, 4.69) is 182 Å². The van der Waals surface area contributed by atoms with Gasteiger partial charge in [0.25, 0.3) is 0 Å². The third-order valence-electron chi connectivity index (χ3n) is 12.1. The molecule has 0 aliphatic heterocycles. The lowest BCUT2D eigenvalue weighted by Crippen LogP contribution is -2.25. The van der Waals surface area contributed by atoms with Gasteiger partial charge in [-0.1, -0.05) is 182 Å². The minimum Gasteiger partial charge on any atom is -0.456 e. The molecule has 10 aromatic rings. The largest absolute Gasteiger partial charge is 0.456 e. The zero-order valence-electron chi connectivity index (χ0n) is 31.4. The average Bonchev–Trinajstić information content (AvgIpc) is 3.93. The fraction of sp³-hybridized carbons (Fsp3) is 0.0182. The van der Waals surface area contributed by atoms with Crippen molar-refractivity contribution in [3.8, 4) is 78.6 Å². The first kappa shape index (κ1) is 32.6. The van der Waals surface area contributed by atoms with E-state index < -0.39 is 5.41 Å². The molecule has 58 heavy (non-hydrogen) atoms. The molecule has 8 aromatic carbocycles. The van der Waals surface area contributed by atoms with E-state index in [0.717, 1.165) is 61.5 Å². The number of nitrogens with zero attached hydrogens (tertiary/aromatic N) is 2. The fourth-order valence-corrected chi connectivity index (χ4v) is 9.55. The first-order valence-corrected chi connectivity index (χ1v) is 19.8. The van der Waals surface area contributed by atoms with Crippen LogP contribution in [0.5, 0.6) is 0 Å². The van der Waals surface area contributed by atoms with E-state index in [0.29, 0.717) is 5.82 Å². The van der Waals surface area contributed by atoms with Crippen LogP contribution in [-0.4, -0.2) is 9.97 Å². The maximum absolute atomic E-state index is 6.71. The molecule has 3 heteroatoms. The number of hydrogen-bond donors (Lipinski definition) is 0. The lowest BCUT2D eigenvalue weighted by molar-refractivity contribution is 0.628. The van der Waals surface area contributed by atoms with Gasteiger partial charge in [-0.3, -0.25) is 0 Å². The van der Waals surface area contributed by atoms with Gasteiger partial charge in [-0.25, -0.2) is 9.97 Å². The maximum Gasteiger partial charge on any atom is 0.160 e. The molecule has 1 unspecified atom stereocenters. The van der Waals surface area contributed by atoms with Crippen molar-refractivity contribution >= 4 is 11.0 Å². The SMILES string of the molecule is c1ccc(-c2cccc(-c3cc(-c4ccc(-c5ccc6c(c5)C5(c7ccccc7-6)c6ccccc6-c6oc7ccccc7c65)cc4)nc(-c4ccccc4)n3)c2)cc1. The number of benzene rings is 8. The Kier molecular flexibility index (Phi) is 7.14. The van der Waals surface area contributed by atoms with Gasteiger partial charge in [-0.2, -0.15) is 0 Å². The quantitative estimate of drug-likeness (QED) is 0.176. The van der Waals surface area contributed by atoms with E-state index in [4.69, 9.17) is 14.4 Å². The Balaban J connectivity index is 0.986. The standard InChI is InChI=1S/C55H34N2O/c1-3-14-35(15-4-1)39-18-13-19-41(32-39)50-34-49(56-54(57-50)38-16-5-2-6-17-38)37-28-26-36(27-29-37)40-30-31-43-42-20-7-10-23-46(42)55(48(43)33-40)47-24-11-8-21-44(47)53-52(55)45-22-9-12-25-51(45)58-53/h1-34H. The van der Waals surface area contributed by atoms with Crippen LogP contribution in [0, 0.1) is 0 Å². The number of fused-ring (bicyclic) bond motifs is 12. The van der Waals surface area contributed by atoms with Crippen molar-refractivity contribution in [1.29, 1.82) is 0 Å². The molecular formula is C55H34N2O. The Morgan fingerprint density at radius 3 is 1.67 bits per heavy atom. The topological polar surface area (TPSA) is 38.9 Å². The molecular weight excluding hydrogens is 705 g/mol. The lowest BCUT2D eigenvalue weighted by Gasteiger charge is -2.30. The highest BCUT2D eigenvalue weighted by Gasteiger charge is 2.54. The first-order chi connectivity index (χ1) is 28.7. The van der Waals surface area contributed by atoms with Crippen LogP contribution >= 0.6 is 0 Å². The summed E-state index contributed by atoms with van der Waals surface area (Å²) in [6, 6.07) is 73.6. The van der Waals surface area contributed by atoms with Crippen molar-refractivity contribution in [2.75, 3.05) is 0 Å². The van der Waals surface area contributed by atoms with Gasteiger partial charge in [0.05, 0.1) is 16.8 Å². The highest BCUT2D eigenvalue weighted by molar-refractivity contribution is 6.02. The van der Waals surface area contributed by atoms with E-state index in [1.54, 1.807) is 0 Å². The van der Waals surface area contributed by atoms with Crippen LogP contribution in [0.3, 0.4) is 0 Å². The zero-order valence-corrected chi connectivity index (χ0v) is 31.4. The minimum atomic E-state index is -0.497. The predicted octanol–water partition coefficient (Wildman–Crippen LogP) is 13.9. The van der Waals surface area contributed by atoms with Crippen LogP contribution in [0.25, 0.3) is 89.6 Å². The number of hydrogen-bond acceptors (Lipinski definition) is 3. The molecule has 0 N–H and O–H groups in total. The van der Waals surface area contributed by atoms with Crippen molar-refractivity contribution < 1.29 is 4.42 Å². The Morgan fingerprint density at radius 2 is 0.879 bits per heavy atom. The van der Waals surface area contributed by atoms with Crippen molar-refractivity contribution in [3.63, 3.8) is 0 Å². The normalized spacial score (nSPS) is 14.6. The minimum absolute atomic E-state index is 0.497. The molecule has 0 amide bonds. The monoisotopic (exact) mass is 738 g/mol. The van der Waals surface area contributed by atoms with Crippen molar-refractivity contribution in [2.24, 2.45) is 0 Å². The van der Waals surface area contributed by atoms with Crippen LogP contribution in [0.4, 0.5) is 0 Å². The summed E-state index contributed by atoms with van der Waals surface area (Å²) >= 11 is 0. The molecule has 2 heterocycles. The van der Waals surface area contributed by atoms with E-state index >= 15 is 0 Å². The summed E-state index contributed by atoms with van der Waals surface area (Å²) in [5.74, 6) is 1.67. The van der Waals surface area contributed by atoms with Gasteiger partial charge in [-0.15, -0.1) is 0 Å². The number of furan rings is 1. The van der Waals surface area contributed by atoms with Crippen LogP contribution in [0.1, 0.15) is 22.3 Å². The zero-order chi connectivity index (χ0) is 38.2. The van der Waals surface area contributed by atoms with Gasteiger partial charge >= 0.3 is 0 Å². The summed E-state index contributed by atoms with van der Waals surface area (Å²) < 4.78 is 6.71. The smallest absolute Gasteiger partial charge is 0.160 e. The summed E-state index contributed by atoms with van der Waals surface area (Å²) in [6.07, 6.45) is 0. The van der Waals surface area contributed by atoms with Gasteiger partial charge in [0.15, 0.2) is 5.82 Å². The average molecular weight is 739 g/mol. The predicted molar refractivity (Wildman–Crippen MR) is 235 cm³/mol. The molecule has 2 aromatic heterocycles. The van der Waals surface area contributed by atoms with Crippen LogP contribution in [0.15, 0.2) is 211 Å². The van der Waals surface area contributed by atoms with Gasteiger partial charge in [0, 0.05) is 33.2 Å². The third kappa shape index (κ3) is 4.80. The number of rotatable bonds is 5. The molecule has 270 valence electrons. The summed E-state index contributed by atoms with van der Waals surface area (Å²) in [6.45, 7) is 0. The van der Waals surface area contributed by atoms with Crippen LogP contribution in [0.2, 0.25) is 0 Å². The van der Waals surface area contributed by atoms with Crippen molar-refractivity contribution in [1.82, 2.24) is 9.97 Å². The summed E-state index contributed by atoms with van der Waals surface area (Å²) in [4.78, 5) is 10.3. The summed E-state index contributed by atoms with van der Waals surface area (Å²) in [7, 11) is 0. The molecule has 12 rings (SSSR count). The number of para-hydroxylation sites is 1. The van der Waals surface area contributed by atoms with E-state index in [-0.39, 0.29) is 0 Å². The molecule has 0 radical (unpaired) electrons. The third-order valence-corrected chi connectivity index (χ3v) is 12.1. The van der Waals surface area contributed by atoms with Crippen LogP contribution in [-0.2, 0) is 5.41 Å². The van der Waals surface area contributed by atoms with Gasteiger partial charge in [0.1, 0.15) is 11.3 Å². The van der Waals surface area contributed by atoms with Gasteiger partial charge in [0.2, 0.25) is 0 Å². The Hall–Kier alpha value is -7.62. The van der Waals surface area contributed by atoms with Gasteiger partial charge < -0.3 is 4.42 Å². The van der Waals surface area contributed by atoms with E-state index in [1.807, 2.05) is 24.3 Å². The van der Waals surface area contributed by atoms with Crippen LogP contribution < -0.4 is 0 Å². The second-order valence-electron chi connectivity index (χ2n) is 15.3. The lowest BCUT2D eigenvalue weighted by atomic mass is 9.70. The summed E-state index contributed by atoms with van der Waals surface area (Å²) in [5.41, 5.74) is 18.7.